The molecule has 1 fully saturated rings. The van der Waals surface area contributed by atoms with Crippen molar-refractivity contribution in [1.82, 2.24) is 14.9 Å². The van der Waals surface area contributed by atoms with E-state index < -0.39 is 6.36 Å². The fourth-order valence-corrected chi connectivity index (χ4v) is 2.62. The lowest BCUT2D eigenvalue weighted by Gasteiger charge is -2.28. The smallest absolute Gasteiger partial charge is 0.405 e. The first-order valence-corrected chi connectivity index (χ1v) is 7.02. The van der Waals surface area contributed by atoms with Crippen molar-refractivity contribution < 1.29 is 17.9 Å². The van der Waals surface area contributed by atoms with Crippen LogP contribution in [-0.2, 0) is 0 Å². The van der Waals surface area contributed by atoms with Crippen LogP contribution in [0.1, 0.15) is 11.6 Å². The van der Waals surface area contributed by atoms with Crippen LogP contribution in [0.3, 0.4) is 0 Å². The molecule has 4 nitrogen and oxygen atoms in total. The van der Waals surface area contributed by atoms with Gasteiger partial charge in [-0.3, -0.25) is 0 Å². The fraction of sp³-hybridized carbons (Fsp3) is 0.308. The second-order valence-electron chi connectivity index (χ2n) is 4.71. The number of rotatable bonds is 3. The van der Waals surface area contributed by atoms with E-state index in [1.807, 2.05) is 4.57 Å². The molecule has 1 saturated heterocycles. The number of aromatic nitrogens is 2. The minimum atomic E-state index is -4.71. The molecule has 1 N–H and O–H groups in total. The van der Waals surface area contributed by atoms with Gasteiger partial charge in [-0.25, -0.2) is 4.98 Å². The van der Waals surface area contributed by atoms with Gasteiger partial charge in [-0.1, -0.05) is 0 Å². The Hall–Kier alpha value is -1.54. The summed E-state index contributed by atoms with van der Waals surface area (Å²) < 4.78 is 42.8. The van der Waals surface area contributed by atoms with Crippen molar-refractivity contribution in [2.45, 2.75) is 12.3 Å². The summed E-state index contributed by atoms with van der Waals surface area (Å²) in [6, 6.07) is 4.44. The normalized spacial score (nSPS) is 15.8. The molecule has 0 aliphatic carbocycles. The molecule has 112 valence electrons. The summed E-state index contributed by atoms with van der Waals surface area (Å²) in [7, 11) is 0. The molecule has 1 aliphatic rings. The zero-order valence-electron chi connectivity index (χ0n) is 10.7. The number of imidazole rings is 1. The summed E-state index contributed by atoms with van der Waals surface area (Å²) >= 11 is 3.11. The summed E-state index contributed by atoms with van der Waals surface area (Å²) in [5, 5.41) is 3.18. The van der Waals surface area contributed by atoms with Crippen molar-refractivity contribution >= 4 is 15.9 Å². The van der Waals surface area contributed by atoms with Gasteiger partial charge in [0.2, 0.25) is 0 Å². The van der Waals surface area contributed by atoms with Crippen LogP contribution in [0.2, 0.25) is 0 Å². The summed E-state index contributed by atoms with van der Waals surface area (Å²) in [5.41, 5.74) is 1.76. The van der Waals surface area contributed by atoms with Crippen LogP contribution in [0, 0.1) is 0 Å². The summed E-state index contributed by atoms with van der Waals surface area (Å²) in [5.74, 6) is 0.107. The largest absolute Gasteiger partial charge is 0.573 e. The zero-order valence-corrected chi connectivity index (χ0v) is 12.3. The number of nitrogens with zero attached hydrogens (tertiary/aromatic N) is 2. The number of alkyl halides is 3. The Balaban J connectivity index is 1.90. The summed E-state index contributed by atoms with van der Waals surface area (Å²) in [6.07, 6.45) is -1.28. The van der Waals surface area contributed by atoms with Crippen LogP contribution >= 0.6 is 15.9 Å². The second-order valence-corrected chi connectivity index (χ2v) is 5.56. The van der Waals surface area contributed by atoms with E-state index in [2.05, 4.69) is 31.0 Å². The number of hydrogen-bond acceptors (Lipinski definition) is 3. The second kappa shape index (κ2) is 5.34. The first kappa shape index (κ1) is 14.4. The van der Waals surface area contributed by atoms with Gasteiger partial charge in [0.1, 0.15) is 5.75 Å². The lowest BCUT2D eigenvalue weighted by molar-refractivity contribution is -0.274. The van der Waals surface area contributed by atoms with Crippen LogP contribution < -0.4 is 10.1 Å². The molecule has 0 radical (unpaired) electrons. The standard InChI is InChI=1S/C13H11BrF3N3O/c14-10-3-9(1-2-12(10)21-13(15,16)17)20-7-19-6-11(20)8-4-18-5-8/h1-3,6-8,18H,4-5H2. The predicted octanol–water partition coefficient (Wildman–Crippen LogP) is 3.22. The van der Waals surface area contributed by atoms with E-state index >= 15 is 0 Å². The molecule has 0 amide bonds. The highest BCUT2D eigenvalue weighted by molar-refractivity contribution is 9.10. The molecule has 0 spiro atoms. The number of hydrogen-bond donors (Lipinski definition) is 1. The minimum Gasteiger partial charge on any atom is -0.405 e. The first-order chi connectivity index (χ1) is 9.94. The predicted molar refractivity (Wildman–Crippen MR) is 73.6 cm³/mol. The number of nitrogens with one attached hydrogen (secondary N) is 1. The van der Waals surface area contributed by atoms with Crippen molar-refractivity contribution in [3.05, 3.63) is 40.9 Å². The Morgan fingerprint density at radius 3 is 2.67 bits per heavy atom. The topological polar surface area (TPSA) is 39.1 Å². The Morgan fingerprint density at radius 1 is 1.33 bits per heavy atom. The van der Waals surface area contributed by atoms with E-state index in [-0.39, 0.29) is 10.2 Å². The number of halogens is 4. The Kier molecular flexibility index (Phi) is 3.66. The molecule has 8 heteroatoms. The van der Waals surface area contributed by atoms with Gasteiger partial charge in [0, 0.05) is 36.6 Å². The molecule has 0 unspecified atom stereocenters. The first-order valence-electron chi connectivity index (χ1n) is 6.22. The van der Waals surface area contributed by atoms with Gasteiger partial charge in [0.15, 0.2) is 0 Å². The van der Waals surface area contributed by atoms with Gasteiger partial charge in [-0.15, -0.1) is 13.2 Å². The molecule has 0 atom stereocenters. The molecule has 3 rings (SSSR count). The van der Waals surface area contributed by atoms with Gasteiger partial charge in [0.25, 0.3) is 0 Å². The van der Waals surface area contributed by atoms with E-state index in [0.717, 1.165) is 24.5 Å². The van der Waals surface area contributed by atoms with Gasteiger partial charge in [-0.05, 0) is 34.1 Å². The summed E-state index contributed by atoms with van der Waals surface area (Å²) in [6.45, 7) is 1.75. The van der Waals surface area contributed by atoms with E-state index in [1.54, 1.807) is 24.7 Å². The fourth-order valence-electron chi connectivity index (χ4n) is 2.17. The summed E-state index contributed by atoms with van der Waals surface area (Å²) in [4.78, 5) is 4.12. The van der Waals surface area contributed by atoms with Crippen molar-refractivity contribution in [1.29, 1.82) is 0 Å². The van der Waals surface area contributed by atoms with Crippen LogP contribution in [0.5, 0.6) is 5.75 Å². The molecule has 1 aliphatic heterocycles. The van der Waals surface area contributed by atoms with Crippen molar-refractivity contribution in [2.75, 3.05) is 13.1 Å². The maximum atomic E-state index is 12.3. The Morgan fingerprint density at radius 2 is 2.10 bits per heavy atom. The van der Waals surface area contributed by atoms with Crippen molar-refractivity contribution in [3.8, 4) is 11.4 Å². The zero-order chi connectivity index (χ0) is 15.0. The van der Waals surface area contributed by atoms with Crippen LogP contribution in [-0.4, -0.2) is 29.0 Å². The molecule has 0 saturated carbocycles. The third kappa shape index (κ3) is 3.06. The molecule has 2 aromatic rings. The average Bonchev–Trinajstić information content (AvgIpc) is 2.77. The van der Waals surface area contributed by atoms with Gasteiger partial charge >= 0.3 is 6.36 Å². The molecule has 0 bridgehead atoms. The molecule has 1 aromatic heterocycles. The highest BCUT2D eigenvalue weighted by atomic mass is 79.9. The average molecular weight is 362 g/mol. The van der Waals surface area contributed by atoms with Gasteiger partial charge in [0.05, 0.1) is 10.8 Å². The van der Waals surface area contributed by atoms with E-state index in [4.69, 9.17) is 0 Å². The monoisotopic (exact) mass is 361 g/mol. The highest BCUT2D eigenvalue weighted by Gasteiger charge is 2.32. The molecule has 2 heterocycles. The van der Waals surface area contributed by atoms with Crippen LogP contribution in [0.15, 0.2) is 35.2 Å². The van der Waals surface area contributed by atoms with Crippen molar-refractivity contribution in [2.24, 2.45) is 0 Å². The van der Waals surface area contributed by atoms with E-state index in [9.17, 15) is 13.2 Å². The third-order valence-electron chi connectivity index (χ3n) is 3.29. The van der Waals surface area contributed by atoms with Gasteiger partial charge < -0.3 is 14.6 Å². The maximum absolute atomic E-state index is 12.3. The molecule has 21 heavy (non-hydrogen) atoms. The molecular weight excluding hydrogens is 351 g/mol. The highest BCUT2D eigenvalue weighted by Crippen LogP contribution is 2.33. The van der Waals surface area contributed by atoms with Crippen LogP contribution in [0.25, 0.3) is 5.69 Å². The van der Waals surface area contributed by atoms with Crippen molar-refractivity contribution in [3.63, 3.8) is 0 Å². The number of ether oxygens (including phenoxy) is 1. The quantitative estimate of drug-likeness (QED) is 0.912. The van der Waals surface area contributed by atoms with Crippen LogP contribution in [0.4, 0.5) is 13.2 Å². The molecular formula is C13H11BrF3N3O. The number of benzene rings is 1. The third-order valence-corrected chi connectivity index (χ3v) is 3.91. The lowest BCUT2D eigenvalue weighted by atomic mass is 10.00. The minimum absolute atomic E-state index is 0.240. The van der Waals surface area contributed by atoms with E-state index in [1.165, 1.54) is 6.07 Å². The Labute approximate surface area is 127 Å². The molecule has 1 aromatic carbocycles. The SMILES string of the molecule is FC(F)(F)Oc1ccc(-n2cncc2C2CNC2)cc1Br. The maximum Gasteiger partial charge on any atom is 0.573 e. The Bertz CT molecular complexity index is 652. The lowest BCUT2D eigenvalue weighted by Crippen LogP contribution is -2.40. The van der Waals surface area contributed by atoms with E-state index in [0.29, 0.717) is 5.92 Å². The van der Waals surface area contributed by atoms with Gasteiger partial charge in [-0.2, -0.15) is 0 Å².